The Morgan fingerprint density at radius 2 is 1.80 bits per heavy atom. The Kier molecular flexibility index (Phi) is 8.92. The summed E-state index contributed by atoms with van der Waals surface area (Å²) in [5.74, 6) is -0.807. The lowest BCUT2D eigenvalue weighted by Crippen LogP contribution is -2.45. The molecule has 5 rings (SSSR count). The number of para-hydroxylation sites is 1. The fraction of sp³-hybridized carbons (Fsp3) is 0.214. The van der Waals surface area contributed by atoms with E-state index < -0.39 is 33.1 Å². The molecule has 2 heterocycles. The van der Waals surface area contributed by atoms with Crippen LogP contribution >= 0.6 is 12.4 Å². The molecule has 3 aromatic carbocycles. The van der Waals surface area contributed by atoms with E-state index in [4.69, 9.17) is 0 Å². The van der Waals surface area contributed by atoms with Gasteiger partial charge in [-0.2, -0.15) is 9.57 Å². The van der Waals surface area contributed by atoms with Crippen LogP contribution in [0.2, 0.25) is 0 Å². The van der Waals surface area contributed by atoms with Gasteiger partial charge in [0.2, 0.25) is 10.0 Å². The molecule has 1 N–H and O–H groups in total. The first-order chi connectivity index (χ1) is 19.1. The summed E-state index contributed by atoms with van der Waals surface area (Å²) < 4.78 is 73.4. The van der Waals surface area contributed by atoms with Crippen molar-refractivity contribution in [1.29, 1.82) is 5.26 Å². The van der Waals surface area contributed by atoms with Crippen molar-refractivity contribution < 1.29 is 26.3 Å². The van der Waals surface area contributed by atoms with E-state index in [1.54, 1.807) is 30.7 Å². The van der Waals surface area contributed by atoms with Crippen LogP contribution in [0.15, 0.2) is 90.2 Å². The number of alkyl halides is 3. The molecular weight excluding hydrogens is 579 g/mol. The summed E-state index contributed by atoms with van der Waals surface area (Å²) in [6.07, 6.45) is -1.58. The summed E-state index contributed by atoms with van der Waals surface area (Å²) in [5, 5.41) is 9.55. The number of nitrogens with zero attached hydrogens (tertiary/aromatic N) is 4. The zero-order valence-electron chi connectivity index (χ0n) is 21.5. The van der Waals surface area contributed by atoms with Gasteiger partial charge in [-0.05, 0) is 47.9 Å². The molecular formula is C28H25ClF3N5O3S. The third-order valence-electron chi connectivity index (χ3n) is 6.61. The van der Waals surface area contributed by atoms with Crippen molar-refractivity contribution in [2.75, 3.05) is 11.4 Å². The van der Waals surface area contributed by atoms with Crippen LogP contribution in [-0.2, 0) is 29.5 Å². The minimum Gasteiger partial charge on any atom is -0.404 e. The topological polar surface area (TPSA) is 102 Å². The predicted octanol–water partition coefficient (Wildman–Crippen LogP) is 5.42. The van der Waals surface area contributed by atoms with E-state index in [0.29, 0.717) is 29.8 Å². The number of imidazole rings is 1. The van der Waals surface area contributed by atoms with E-state index in [1.165, 1.54) is 16.4 Å². The van der Waals surface area contributed by atoms with Gasteiger partial charge in [0.25, 0.3) is 0 Å². The largest absolute Gasteiger partial charge is 0.573 e. The number of hydrogen-bond acceptors (Lipinski definition) is 6. The zero-order valence-corrected chi connectivity index (χ0v) is 23.1. The SMILES string of the molecule is Cl.N#Cc1ccc2c(c1)CN(S(=O)(=O)c1ccccc1OC(F)(F)F)[C@H](Cc1ccccc1)CN2Cc1cnc[nH]1. The normalized spacial score (nSPS) is 15.8. The highest BCUT2D eigenvalue weighted by atomic mass is 35.5. The second-order valence-electron chi connectivity index (χ2n) is 9.30. The van der Waals surface area contributed by atoms with Crippen molar-refractivity contribution >= 4 is 28.1 Å². The first-order valence-corrected chi connectivity index (χ1v) is 13.7. The van der Waals surface area contributed by atoms with Gasteiger partial charge in [-0.3, -0.25) is 0 Å². The maximum absolute atomic E-state index is 14.2. The van der Waals surface area contributed by atoms with Gasteiger partial charge in [-0.15, -0.1) is 25.6 Å². The summed E-state index contributed by atoms with van der Waals surface area (Å²) in [5.41, 5.74) is 3.24. The maximum Gasteiger partial charge on any atom is 0.573 e. The third kappa shape index (κ3) is 6.82. The highest BCUT2D eigenvalue weighted by molar-refractivity contribution is 7.89. The minimum atomic E-state index is -5.08. The molecule has 1 atom stereocenters. The quantitative estimate of drug-likeness (QED) is 0.302. The van der Waals surface area contributed by atoms with Gasteiger partial charge in [-0.1, -0.05) is 42.5 Å². The number of benzene rings is 3. The number of aromatic amines is 1. The Morgan fingerprint density at radius 1 is 1.07 bits per heavy atom. The molecule has 0 radical (unpaired) electrons. The van der Waals surface area contributed by atoms with Gasteiger partial charge in [0, 0.05) is 31.0 Å². The number of rotatable bonds is 7. The first kappa shape index (κ1) is 29.9. The van der Waals surface area contributed by atoms with Gasteiger partial charge in [0.05, 0.1) is 30.2 Å². The molecule has 0 saturated carbocycles. The second-order valence-corrected chi connectivity index (χ2v) is 11.2. The Labute approximate surface area is 241 Å². The molecule has 41 heavy (non-hydrogen) atoms. The molecule has 1 aliphatic heterocycles. The van der Waals surface area contributed by atoms with Gasteiger partial charge >= 0.3 is 6.36 Å². The van der Waals surface area contributed by atoms with Crippen molar-refractivity contribution in [3.8, 4) is 11.8 Å². The number of ether oxygens (including phenoxy) is 1. The monoisotopic (exact) mass is 603 g/mol. The standard InChI is InChI=1S/C28H24F3N5O3S.ClH/c29-28(30,31)39-26-8-4-5-9-27(26)40(37,38)36-16-22-12-21(14-32)10-11-25(22)35(17-23-15-33-19-34-23)18-24(36)13-20-6-2-1-3-7-20;/h1-12,15,19,24H,13,16-18H2,(H,33,34);1H/t24-;/m1./s1. The zero-order chi connectivity index (χ0) is 28.3. The molecule has 0 fully saturated rings. The Balaban J connectivity index is 0.00000387. The van der Waals surface area contributed by atoms with Crippen LogP contribution in [0.3, 0.4) is 0 Å². The van der Waals surface area contributed by atoms with E-state index in [9.17, 15) is 26.9 Å². The summed E-state index contributed by atoms with van der Waals surface area (Å²) >= 11 is 0. The number of nitriles is 1. The van der Waals surface area contributed by atoms with Crippen LogP contribution in [0.25, 0.3) is 0 Å². The van der Waals surface area contributed by atoms with E-state index in [2.05, 4.69) is 20.8 Å². The highest BCUT2D eigenvalue weighted by Crippen LogP contribution is 2.37. The maximum atomic E-state index is 14.2. The predicted molar refractivity (Wildman–Crippen MR) is 148 cm³/mol. The molecule has 0 bridgehead atoms. The van der Waals surface area contributed by atoms with Gasteiger partial charge in [0.1, 0.15) is 10.6 Å². The molecule has 8 nitrogen and oxygen atoms in total. The summed E-state index contributed by atoms with van der Waals surface area (Å²) in [7, 11) is -4.53. The molecule has 0 spiro atoms. The van der Waals surface area contributed by atoms with Crippen LogP contribution in [0.1, 0.15) is 22.4 Å². The minimum absolute atomic E-state index is 0. The number of hydrogen-bond donors (Lipinski definition) is 1. The lowest BCUT2D eigenvalue weighted by atomic mass is 10.1. The Hall–Kier alpha value is -4.05. The van der Waals surface area contributed by atoms with E-state index in [0.717, 1.165) is 23.4 Å². The van der Waals surface area contributed by atoms with E-state index in [1.807, 2.05) is 35.2 Å². The number of halogens is 4. The molecule has 4 aromatic rings. The van der Waals surface area contributed by atoms with Crippen LogP contribution in [-0.4, -0.2) is 41.6 Å². The Bertz CT molecular complexity index is 1630. The molecule has 13 heteroatoms. The average Bonchev–Trinajstić information content (AvgIpc) is 3.38. The van der Waals surface area contributed by atoms with E-state index >= 15 is 0 Å². The first-order valence-electron chi connectivity index (χ1n) is 12.3. The molecule has 214 valence electrons. The molecule has 1 aromatic heterocycles. The smallest absolute Gasteiger partial charge is 0.404 e. The van der Waals surface area contributed by atoms with Crippen LogP contribution < -0.4 is 9.64 Å². The van der Waals surface area contributed by atoms with Gasteiger partial charge < -0.3 is 14.6 Å². The van der Waals surface area contributed by atoms with E-state index in [-0.39, 0.29) is 25.5 Å². The molecule has 0 amide bonds. The number of sulfonamides is 1. The summed E-state index contributed by atoms with van der Waals surface area (Å²) in [6.45, 7) is 0.421. The van der Waals surface area contributed by atoms with Crippen molar-refractivity contribution in [3.05, 3.63) is 108 Å². The molecule has 0 saturated heterocycles. The Morgan fingerprint density at radius 3 is 2.49 bits per heavy atom. The highest BCUT2D eigenvalue weighted by Gasteiger charge is 2.40. The fourth-order valence-corrected chi connectivity index (χ4v) is 6.60. The number of fused-ring (bicyclic) bond motifs is 1. The third-order valence-corrected chi connectivity index (χ3v) is 8.54. The fourth-order valence-electron chi connectivity index (χ4n) is 4.89. The van der Waals surface area contributed by atoms with Crippen LogP contribution in [0.4, 0.5) is 18.9 Å². The second kappa shape index (κ2) is 12.2. The average molecular weight is 604 g/mol. The van der Waals surface area contributed by atoms with Crippen molar-refractivity contribution in [3.63, 3.8) is 0 Å². The number of anilines is 1. The summed E-state index contributed by atoms with van der Waals surface area (Å²) in [4.78, 5) is 8.53. The lowest BCUT2D eigenvalue weighted by Gasteiger charge is -2.32. The van der Waals surface area contributed by atoms with Gasteiger partial charge in [-0.25, -0.2) is 13.4 Å². The number of H-pyrrole nitrogens is 1. The number of aromatic nitrogens is 2. The van der Waals surface area contributed by atoms with Gasteiger partial charge in [0.15, 0.2) is 0 Å². The van der Waals surface area contributed by atoms with Crippen molar-refractivity contribution in [2.24, 2.45) is 0 Å². The molecule has 0 aliphatic carbocycles. The van der Waals surface area contributed by atoms with Crippen LogP contribution in [0.5, 0.6) is 5.75 Å². The summed E-state index contributed by atoms with van der Waals surface area (Å²) in [6, 6.07) is 20.4. The van der Waals surface area contributed by atoms with Crippen molar-refractivity contribution in [1.82, 2.24) is 14.3 Å². The molecule has 0 unspecified atom stereocenters. The van der Waals surface area contributed by atoms with Crippen molar-refractivity contribution in [2.45, 2.75) is 36.8 Å². The number of nitrogens with one attached hydrogen (secondary N) is 1. The molecule has 1 aliphatic rings. The lowest BCUT2D eigenvalue weighted by molar-refractivity contribution is -0.275. The van der Waals surface area contributed by atoms with Crippen LogP contribution in [0, 0.1) is 11.3 Å².